The number of aromatic nitrogens is 2. The van der Waals surface area contributed by atoms with Crippen LogP contribution in [-0.4, -0.2) is 15.7 Å². The third kappa shape index (κ3) is 3.06. The maximum absolute atomic E-state index is 4.02. The third-order valence-corrected chi connectivity index (χ3v) is 1.23. The Bertz CT molecular complexity index is 260. The van der Waals surface area contributed by atoms with Crippen molar-refractivity contribution in [3.63, 3.8) is 0 Å². The Balaban J connectivity index is 2.59. The van der Waals surface area contributed by atoms with Gasteiger partial charge in [0, 0.05) is 24.6 Å². The van der Waals surface area contributed by atoms with E-state index in [4.69, 9.17) is 0 Å². The van der Waals surface area contributed by atoms with Gasteiger partial charge in [-0.3, -0.25) is 0 Å². The molecule has 1 aromatic heterocycles. The van der Waals surface area contributed by atoms with Gasteiger partial charge in [0.1, 0.15) is 0 Å². The summed E-state index contributed by atoms with van der Waals surface area (Å²) < 4.78 is 0. The van der Waals surface area contributed by atoms with Gasteiger partial charge in [-0.25, -0.2) is 9.97 Å². The molecule has 0 bridgehead atoms. The fourth-order valence-electron chi connectivity index (χ4n) is 0.561. The zero-order valence-electron chi connectivity index (χ0n) is 5.99. The Morgan fingerprint density at radius 2 is 2.09 bits per heavy atom. The van der Waals surface area contributed by atoms with E-state index in [-0.39, 0.29) is 0 Å². The molecule has 56 valence electrons. The van der Waals surface area contributed by atoms with Crippen molar-refractivity contribution in [2.45, 2.75) is 6.42 Å². The minimum atomic E-state index is 0.578. The van der Waals surface area contributed by atoms with Crippen molar-refractivity contribution in [2.75, 3.05) is 5.75 Å². The van der Waals surface area contributed by atoms with Gasteiger partial charge in [0.25, 0.3) is 0 Å². The summed E-state index contributed by atoms with van der Waals surface area (Å²) in [5.74, 6) is 7.08. The van der Waals surface area contributed by atoms with Crippen LogP contribution in [0.5, 0.6) is 0 Å². The molecule has 0 radical (unpaired) electrons. The first-order chi connectivity index (χ1) is 5.43. The molecule has 1 aromatic rings. The Morgan fingerprint density at radius 3 is 2.73 bits per heavy atom. The van der Waals surface area contributed by atoms with Crippen LogP contribution < -0.4 is 0 Å². The topological polar surface area (TPSA) is 25.8 Å². The second kappa shape index (κ2) is 4.75. The molecule has 0 atom stereocenters. The molecule has 0 saturated carbocycles. The van der Waals surface area contributed by atoms with E-state index in [9.17, 15) is 0 Å². The number of hydrogen-bond donors (Lipinski definition) is 1. The minimum Gasteiger partial charge on any atom is -0.229 e. The van der Waals surface area contributed by atoms with E-state index < -0.39 is 0 Å². The van der Waals surface area contributed by atoms with Crippen molar-refractivity contribution >= 4 is 12.6 Å². The first-order valence-corrected chi connectivity index (χ1v) is 3.93. The summed E-state index contributed by atoms with van der Waals surface area (Å²) in [4.78, 5) is 7.88. The van der Waals surface area contributed by atoms with Crippen molar-refractivity contribution in [1.29, 1.82) is 0 Å². The van der Waals surface area contributed by atoms with Crippen LogP contribution >= 0.6 is 12.6 Å². The molecule has 0 aromatic carbocycles. The maximum Gasteiger partial charge on any atom is 0.204 e. The summed E-state index contributed by atoms with van der Waals surface area (Å²) >= 11 is 4.02. The molecule has 0 aliphatic carbocycles. The molecule has 0 N–H and O–H groups in total. The number of hydrogen-bond acceptors (Lipinski definition) is 3. The highest BCUT2D eigenvalue weighted by Crippen LogP contribution is 1.84. The molecule has 0 unspecified atom stereocenters. The number of nitrogens with zero attached hydrogens (tertiary/aromatic N) is 2. The third-order valence-electron chi connectivity index (χ3n) is 1.00. The number of rotatable bonds is 1. The fraction of sp³-hybridized carbons (Fsp3) is 0.250. The summed E-state index contributed by atoms with van der Waals surface area (Å²) in [7, 11) is 0. The Hall–Kier alpha value is -1.01. The summed E-state index contributed by atoms with van der Waals surface area (Å²) in [5, 5.41) is 0. The largest absolute Gasteiger partial charge is 0.229 e. The molecule has 0 amide bonds. The lowest BCUT2D eigenvalue weighted by molar-refractivity contribution is 1.12. The molecule has 0 aliphatic rings. The van der Waals surface area contributed by atoms with E-state index in [0.29, 0.717) is 5.82 Å². The second-order valence-corrected chi connectivity index (χ2v) is 2.29. The van der Waals surface area contributed by atoms with Gasteiger partial charge in [-0.2, -0.15) is 12.6 Å². The molecule has 3 heteroatoms. The normalized spacial score (nSPS) is 8.45. The lowest BCUT2D eigenvalue weighted by Gasteiger charge is -1.83. The molecular weight excluding hydrogens is 156 g/mol. The first kappa shape index (κ1) is 8.09. The summed E-state index contributed by atoms with van der Waals surface area (Å²) in [5.41, 5.74) is 0. The highest BCUT2D eigenvalue weighted by molar-refractivity contribution is 7.80. The molecule has 11 heavy (non-hydrogen) atoms. The summed E-state index contributed by atoms with van der Waals surface area (Å²) in [6.45, 7) is 0. The molecule has 2 nitrogen and oxygen atoms in total. The van der Waals surface area contributed by atoms with Crippen molar-refractivity contribution in [2.24, 2.45) is 0 Å². The van der Waals surface area contributed by atoms with Crippen LogP contribution in [-0.2, 0) is 0 Å². The molecule has 1 heterocycles. The van der Waals surface area contributed by atoms with E-state index in [1.165, 1.54) is 0 Å². The van der Waals surface area contributed by atoms with Gasteiger partial charge in [-0.05, 0) is 12.0 Å². The lowest BCUT2D eigenvalue weighted by Crippen LogP contribution is -1.84. The van der Waals surface area contributed by atoms with Crippen LogP contribution in [0, 0.1) is 11.8 Å². The predicted molar refractivity (Wildman–Crippen MR) is 47.4 cm³/mol. The highest BCUT2D eigenvalue weighted by atomic mass is 32.1. The Labute approximate surface area is 71.5 Å². The van der Waals surface area contributed by atoms with Crippen molar-refractivity contribution in [3.05, 3.63) is 24.3 Å². The second-order valence-electron chi connectivity index (χ2n) is 1.85. The molecule has 0 spiro atoms. The van der Waals surface area contributed by atoms with Crippen LogP contribution in [0.3, 0.4) is 0 Å². The first-order valence-electron chi connectivity index (χ1n) is 3.30. The van der Waals surface area contributed by atoms with Gasteiger partial charge >= 0.3 is 0 Å². The van der Waals surface area contributed by atoms with Gasteiger partial charge < -0.3 is 0 Å². The van der Waals surface area contributed by atoms with E-state index in [2.05, 4.69) is 34.4 Å². The predicted octanol–water partition coefficient (Wildman–Crippen LogP) is 1.15. The molecule has 0 fully saturated rings. The average Bonchev–Trinajstić information content (AvgIpc) is 2.07. The fourth-order valence-corrected chi connectivity index (χ4v) is 0.673. The number of thiol groups is 1. The maximum atomic E-state index is 4.02. The molecule has 0 aliphatic heterocycles. The quantitative estimate of drug-likeness (QED) is 0.497. The zero-order valence-corrected chi connectivity index (χ0v) is 6.88. The van der Waals surface area contributed by atoms with Gasteiger partial charge in [0.15, 0.2) is 0 Å². The molecule has 0 saturated heterocycles. The monoisotopic (exact) mass is 164 g/mol. The van der Waals surface area contributed by atoms with Crippen LogP contribution in [0.4, 0.5) is 0 Å². The van der Waals surface area contributed by atoms with Gasteiger partial charge in [-0.1, -0.05) is 5.92 Å². The standard InChI is InChI=1S/C8H8N2S/c11-7-2-1-4-8-9-5-3-6-10-8/h3,5-6,11H,2,7H2. The van der Waals surface area contributed by atoms with Crippen LogP contribution in [0.2, 0.25) is 0 Å². The molecular formula is C8H8N2S. The molecule has 1 rings (SSSR count). The van der Waals surface area contributed by atoms with Crippen LogP contribution in [0.25, 0.3) is 0 Å². The lowest BCUT2D eigenvalue weighted by atomic mass is 10.4. The van der Waals surface area contributed by atoms with E-state index in [0.717, 1.165) is 12.2 Å². The zero-order chi connectivity index (χ0) is 7.94. The van der Waals surface area contributed by atoms with Crippen molar-refractivity contribution < 1.29 is 0 Å². The van der Waals surface area contributed by atoms with Crippen molar-refractivity contribution in [1.82, 2.24) is 9.97 Å². The van der Waals surface area contributed by atoms with Crippen LogP contribution in [0.15, 0.2) is 18.5 Å². The summed E-state index contributed by atoms with van der Waals surface area (Å²) in [6, 6.07) is 1.77. The SMILES string of the molecule is SCCC#Cc1ncccn1. The Kier molecular flexibility index (Phi) is 3.49. The van der Waals surface area contributed by atoms with E-state index in [1.807, 2.05) is 0 Å². The minimum absolute atomic E-state index is 0.578. The van der Waals surface area contributed by atoms with Crippen molar-refractivity contribution in [3.8, 4) is 11.8 Å². The van der Waals surface area contributed by atoms with E-state index in [1.54, 1.807) is 18.5 Å². The average molecular weight is 164 g/mol. The van der Waals surface area contributed by atoms with Gasteiger partial charge in [0.05, 0.1) is 0 Å². The van der Waals surface area contributed by atoms with Crippen LogP contribution in [0.1, 0.15) is 12.2 Å². The van der Waals surface area contributed by atoms with Gasteiger partial charge in [-0.15, -0.1) is 0 Å². The summed E-state index contributed by atoms with van der Waals surface area (Å²) in [6.07, 6.45) is 4.14. The highest BCUT2D eigenvalue weighted by Gasteiger charge is 1.82. The Morgan fingerprint density at radius 1 is 1.36 bits per heavy atom. The smallest absolute Gasteiger partial charge is 0.204 e. The van der Waals surface area contributed by atoms with Gasteiger partial charge in [0.2, 0.25) is 5.82 Å². The van der Waals surface area contributed by atoms with E-state index >= 15 is 0 Å².